The summed E-state index contributed by atoms with van der Waals surface area (Å²) in [5.41, 5.74) is 7.65. The number of ether oxygens (including phenoxy) is 5. The number of fused-ring (bicyclic) bond motifs is 2. The van der Waals surface area contributed by atoms with Crippen LogP contribution in [0.1, 0.15) is 105 Å². The normalized spacial score (nSPS) is 45.5. The highest BCUT2D eigenvalue weighted by atomic mass is 17.3. The van der Waals surface area contributed by atoms with Crippen molar-refractivity contribution in [3.63, 3.8) is 0 Å². The fourth-order valence-corrected chi connectivity index (χ4v) is 8.18. The first kappa shape index (κ1) is 33.8. The monoisotopic (exact) mass is 625 g/mol. The number of unbranched alkanes of at least 4 members (excludes halogenated alkanes) is 3. The molecule has 5 saturated heterocycles. The van der Waals surface area contributed by atoms with Crippen LogP contribution in [0.25, 0.3) is 10.4 Å². The summed E-state index contributed by atoms with van der Waals surface area (Å²) in [6.07, 6.45) is 3.53. The van der Waals surface area contributed by atoms with E-state index < -0.39 is 54.0 Å². The van der Waals surface area contributed by atoms with Gasteiger partial charge in [0.15, 0.2) is 11.9 Å². The summed E-state index contributed by atoms with van der Waals surface area (Å²) in [7, 11) is 0. The van der Waals surface area contributed by atoms with Crippen LogP contribution in [0.15, 0.2) is 5.11 Å². The SMILES string of the molecule is C[C@H]1[C@@H](CC(=O)O[C@@H]2C[C@@H](O)[C@@](O)(O[C@H](C)CCCCCCN=[N+]=[N-])O[C@H]2C)O[C@@H]2O[C@@]3(C)CC[C@H]4[C@H](C)CC[C@@H]1[C@@]24OO3. The summed E-state index contributed by atoms with van der Waals surface area (Å²) >= 11 is 0. The second kappa shape index (κ2) is 13.7. The first-order valence-corrected chi connectivity index (χ1v) is 16.6. The first-order chi connectivity index (χ1) is 20.9. The van der Waals surface area contributed by atoms with Crippen LogP contribution in [0.2, 0.25) is 0 Å². The van der Waals surface area contributed by atoms with E-state index in [1.165, 1.54) is 0 Å². The molecule has 250 valence electrons. The fraction of sp³-hybridized carbons (Fsp3) is 0.968. The van der Waals surface area contributed by atoms with Crippen molar-refractivity contribution in [2.45, 2.75) is 159 Å². The van der Waals surface area contributed by atoms with Crippen LogP contribution in [0.5, 0.6) is 0 Å². The van der Waals surface area contributed by atoms with Gasteiger partial charge in [-0.2, -0.15) is 0 Å². The topological polar surface area (TPSA) is 171 Å². The minimum Gasteiger partial charge on any atom is -0.459 e. The average molecular weight is 626 g/mol. The molecule has 0 aromatic heterocycles. The Morgan fingerprint density at radius 3 is 2.64 bits per heavy atom. The van der Waals surface area contributed by atoms with E-state index >= 15 is 0 Å². The maximum Gasteiger partial charge on any atom is 0.308 e. The van der Waals surface area contributed by atoms with Crippen molar-refractivity contribution in [2.24, 2.45) is 28.8 Å². The van der Waals surface area contributed by atoms with Gasteiger partial charge in [-0.25, -0.2) is 9.78 Å². The smallest absolute Gasteiger partial charge is 0.308 e. The summed E-state index contributed by atoms with van der Waals surface area (Å²) in [6, 6.07) is 0. The maximum atomic E-state index is 13.3. The standard InChI is InChI=1S/C31H51N3O10/c1-18-11-12-23-20(3)24(39-28-30(23)22(18)13-14-29(5,42-28)43-44-30)17-27(36)38-25-16-26(35)31(37,41-21(25)4)40-19(2)10-8-6-7-9-15-33-34-32/h18-26,28,35,37H,6-17H2,1-5H3/t18-,19-,20-,21+,22+,23+,24-,25-,26-,28-,29-,30-,31-/m1/s1. The molecular weight excluding hydrogens is 574 g/mol. The molecule has 2 N–H and O–H groups in total. The molecule has 0 aromatic rings. The minimum absolute atomic E-state index is 0.0000999. The molecule has 0 unspecified atom stereocenters. The molecule has 1 spiro atoms. The molecule has 13 nitrogen and oxygen atoms in total. The number of aliphatic hydroxyl groups is 2. The zero-order valence-electron chi connectivity index (χ0n) is 26.8. The maximum absolute atomic E-state index is 13.3. The van der Waals surface area contributed by atoms with E-state index in [2.05, 4.69) is 23.9 Å². The van der Waals surface area contributed by atoms with Gasteiger partial charge >= 0.3 is 11.9 Å². The van der Waals surface area contributed by atoms with E-state index in [1.54, 1.807) is 6.92 Å². The Hall–Kier alpha value is -1.54. The van der Waals surface area contributed by atoms with E-state index in [-0.39, 0.29) is 36.7 Å². The number of aliphatic hydroxyl groups excluding tert-OH is 1. The average Bonchev–Trinajstić information content (AvgIpc) is 3.19. The summed E-state index contributed by atoms with van der Waals surface area (Å²) in [5.74, 6) is -2.75. The molecule has 44 heavy (non-hydrogen) atoms. The number of azide groups is 1. The van der Waals surface area contributed by atoms with Gasteiger partial charge in [0.05, 0.1) is 24.7 Å². The van der Waals surface area contributed by atoms with E-state index in [0.717, 1.165) is 44.9 Å². The first-order valence-electron chi connectivity index (χ1n) is 16.6. The predicted molar refractivity (Wildman–Crippen MR) is 155 cm³/mol. The van der Waals surface area contributed by atoms with Crippen molar-refractivity contribution in [1.82, 2.24) is 0 Å². The molecule has 1 saturated carbocycles. The minimum atomic E-state index is -2.19. The van der Waals surface area contributed by atoms with E-state index in [1.807, 2.05) is 13.8 Å². The van der Waals surface area contributed by atoms with Crippen molar-refractivity contribution < 1.29 is 48.5 Å². The summed E-state index contributed by atoms with van der Waals surface area (Å²) in [5, 5.41) is 25.3. The Morgan fingerprint density at radius 2 is 1.86 bits per heavy atom. The van der Waals surface area contributed by atoms with Gasteiger partial charge in [0, 0.05) is 30.2 Å². The Kier molecular flexibility index (Phi) is 10.5. The number of hydrogen-bond donors (Lipinski definition) is 2. The summed E-state index contributed by atoms with van der Waals surface area (Å²) in [4.78, 5) is 28.1. The van der Waals surface area contributed by atoms with Crippen molar-refractivity contribution in [3.05, 3.63) is 10.4 Å². The molecule has 6 fully saturated rings. The quantitative estimate of drug-likeness (QED) is 0.0571. The Bertz CT molecular complexity index is 1060. The van der Waals surface area contributed by atoms with Crippen molar-refractivity contribution in [3.8, 4) is 0 Å². The number of carbonyl (C=O) groups is 1. The zero-order valence-corrected chi connectivity index (χ0v) is 26.8. The number of rotatable bonds is 12. The molecular formula is C31H51N3O10. The second-order valence-corrected chi connectivity index (χ2v) is 14.0. The third kappa shape index (κ3) is 6.77. The fourth-order valence-electron chi connectivity index (χ4n) is 8.18. The van der Waals surface area contributed by atoms with Crippen molar-refractivity contribution in [2.75, 3.05) is 6.54 Å². The van der Waals surface area contributed by atoms with E-state index in [0.29, 0.717) is 25.3 Å². The van der Waals surface area contributed by atoms with Crippen LogP contribution in [0, 0.1) is 23.7 Å². The van der Waals surface area contributed by atoms with Crippen LogP contribution >= 0.6 is 0 Å². The lowest BCUT2D eigenvalue weighted by molar-refractivity contribution is -0.571. The highest BCUT2D eigenvalue weighted by molar-refractivity contribution is 5.70. The van der Waals surface area contributed by atoms with Crippen molar-refractivity contribution >= 4 is 5.97 Å². The van der Waals surface area contributed by atoms with Gasteiger partial charge in [-0.3, -0.25) is 4.79 Å². The van der Waals surface area contributed by atoms with Crippen LogP contribution in [-0.2, 0) is 38.3 Å². The van der Waals surface area contributed by atoms with Gasteiger partial charge in [-0.05, 0) is 76.2 Å². The van der Waals surface area contributed by atoms with Gasteiger partial charge in [-0.15, -0.1) is 0 Å². The number of esters is 1. The molecule has 0 radical (unpaired) electrons. The molecule has 2 bridgehead atoms. The van der Waals surface area contributed by atoms with E-state index in [9.17, 15) is 15.0 Å². The molecule has 6 rings (SSSR count). The van der Waals surface area contributed by atoms with Gasteiger partial charge in [0.25, 0.3) is 0 Å². The largest absolute Gasteiger partial charge is 0.459 e. The van der Waals surface area contributed by atoms with Crippen LogP contribution < -0.4 is 0 Å². The lowest BCUT2D eigenvalue weighted by Crippen LogP contribution is -2.70. The number of nitrogens with zero attached hydrogens (tertiary/aromatic N) is 3. The Morgan fingerprint density at radius 1 is 1.09 bits per heavy atom. The molecule has 6 aliphatic rings. The summed E-state index contributed by atoms with van der Waals surface area (Å²) < 4.78 is 30.2. The molecule has 13 atom stereocenters. The predicted octanol–water partition coefficient (Wildman–Crippen LogP) is 5.02. The summed E-state index contributed by atoms with van der Waals surface area (Å²) in [6.45, 7) is 10.2. The molecule has 1 aliphatic carbocycles. The van der Waals surface area contributed by atoms with Crippen molar-refractivity contribution in [1.29, 1.82) is 0 Å². The Balaban J connectivity index is 1.13. The molecule has 5 heterocycles. The third-order valence-corrected chi connectivity index (χ3v) is 10.8. The third-order valence-electron chi connectivity index (χ3n) is 10.8. The second-order valence-electron chi connectivity index (χ2n) is 14.0. The Labute approximate surface area is 259 Å². The highest BCUT2D eigenvalue weighted by Crippen LogP contribution is 2.60. The van der Waals surface area contributed by atoms with Crippen LogP contribution in [-0.4, -0.2) is 76.9 Å². The van der Waals surface area contributed by atoms with Gasteiger partial charge in [-0.1, -0.05) is 38.2 Å². The zero-order chi connectivity index (χ0) is 31.7. The highest BCUT2D eigenvalue weighted by Gasteiger charge is 2.69. The molecule has 0 amide bonds. The molecule has 0 aromatic carbocycles. The number of carbonyl (C=O) groups excluding carboxylic acids is 1. The van der Waals surface area contributed by atoms with Crippen LogP contribution in [0.4, 0.5) is 0 Å². The number of hydrogen-bond acceptors (Lipinski definition) is 11. The van der Waals surface area contributed by atoms with Gasteiger partial charge in [0.1, 0.15) is 12.2 Å². The molecule has 5 aliphatic heterocycles. The van der Waals surface area contributed by atoms with Crippen LogP contribution in [0.3, 0.4) is 0 Å². The van der Waals surface area contributed by atoms with E-state index in [4.69, 9.17) is 39.0 Å². The van der Waals surface area contributed by atoms with Gasteiger partial charge in [0.2, 0.25) is 5.79 Å². The lowest BCUT2D eigenvalue weighted by Gasteiger charge is -2.60. The lowest BCUT2D eigenvalue weighted by atomic mass is 9.57. The van der Waals surface area contributed by atoms with Gasteiger partial charge < -0.3 is 33.9 Å². The molecule has 13 heteroatoms.